The van der Waals surface area contributed by atoms with E-state index >= 15 is 0 Å². The van der Waals surface area contributed by atoms with E-state index in [4.69, 9.17) is 16.7 Å². The summed E-state index contributed by atoms with van der Waals surface area (Å²) in [5.74, 6) is -0.566. The molecular weight excluding hydrogens is 257 g/mol. The predicted molar refractivity (Wildman–Crippen MR) is 58.2 cm³/mol. The van der Waals surface area contributed by atoms with Gasteiger partial charge < -0.3 is 10.2 Å². The maximum atomic E-state index is 12.4. The summed E-state index contributed by atoms with van der Waals surface area (Å²) in [4.78, 5) is 0. The normalized spacial score (nSPS) is 12.9. The lowest BCUT2D eigenvalue weighted by molar-refractivity contribution is -0.137. The minimum absolute atomic E-state index is 0.106. The van der Waals surface area contributed by atoms with E-state index in [1.807, 2.05) is 0 Å². The summed E-state index contributed by atoms with van der Waals surface area (Å²) < 4.78 is 37.3. The van der Waals surface area contributed by atoms with Gasteiger partial charge in [0.1, 0.15) is 5.75 Å². The smallest absolute Gasteiger partial charge is 0.416 e. The Labute approximate surface area is 102 Å². The number of benzene rings is 1. The highest BCUT2D eigenvalue weighted by Crippen LogP contribution is 2.41. The summed E-state index contributed by atoms with van der Waals surface area (Å²) in [7, 11) is 0. The number of rotatable bonds is 2. The first-order valence-corrected chi connectivity index (χ1v) is 5.18. The Morgan fingerprint density at radius 2 is 1.76 bits per heavy atom. The third-order valence-electron chi connectivity index (χ3n) is 2.47. The molecular formula is C11H12ClF3O2. The number of hydrogen-bond donors (Lipinski definition) is 2. The molecule has 17 heavy (non-hydrogen) atoms. The standard InChI is InChI=1S/C11H12ClF3O2/c1-10(2,5-16)9-7(12)3-6(4-8(9)17)11(13,14)15/h3-4,16-17H,5H2,1-2H3. The molecule has 6 heteroatoms. The van der Waals surface area contributed by atoms with Gasteiger partial charge in [0.05, 0.1) is 12.2 Å². The Kier molecular flexibility index (Phi) is 3.64. The molecule has 0 saturated heterocycles. The lowest BCUT2D eigenvalue weighted by Crippen LogP contribution is -2.23. The Bertz CT molecular complexity index is 404. The molecule has 0 bridgehead atoms. The van der Waals surface area contributed by atoms with Gasteiger partial charge in [0.15, 0.2) is 0 Å². The Morgan fingerprint density at radius 1 is 1.24 bits per heavy atom. The number of alkyl halides is 3. The van der Waals surface area contributed by atoms with Crippen molar-refractivity contribution >= 4 is 11.6 Å². The highest BCUT2D eigenvalue weighted by molar-refractivity contribution is 6.31. The van der Waals surface area contributed by atoms with Crippen LogP contribution in [0.4, 0.5) is 13.2 Å². The maximum Gasteiger partial charge on any atom is 0.416 e. The molecule has 0 aliphatic rings. The van der Waals surface area contributed by atoms with Gasteiger partial charge in [-0.3, -0.25) is 0 Å². The van der Waals surface area contributed by atoms with E-state index in [0.29, 0.717) is 6.07 Å². The summed E-state index contributed by atoms with van der Waals surface area (Å²) in [6.07, 6.45) is -4.57. The molecule has 0 spiro atoms. The molecule has 0 radical (unpaired) electrons. The van der Waals surface area contributed by atoms with Crippen LogP contribution in [0.15, 0.2) is 12.1 Å². The third-order valence-corrected chi connectivity index (χ3v) is 2.77. The summed E-state index contributed by atoms with van der Waals surface area (Å²) in [6, 6.07) is 1.35. The van der Waals surface area contributed by atoms with Crippen LogP contribution in [-0.4, -0.2) is 16.8 Å². The molecule has 0 unspecified atom stereocenters. The van der Waals surface area contributed by atoms with Gasteiger partial charge in [-0.1, -0.05) is 25.4 Å². The second-order valence-corrected chi connectivity index (χ2v) is 4.80. The van der Waals surface area contributed by atoms with E-state index in [1.54, 1.807) is 13.8 Å². The SMILES string of the molecule is CC(C)(CO)c1c(O)cc(C(F)(F)F)cc1Cl. The van der Waals surface area contributed by atoms with Crippen molar-refractivity contribution in [1.29, 1.82) is 0 Å². The topological polar surface area (TPSA) is 40.5 Å². The number of aliphatic hydroxyl groups excluding tert-OH is 1. The van der Waals surface area contributed by atoms with E-state index in [9.17, 15) is 18.3 Å². The van der Waals surface area contributed by atoms with Crippen LogP contribution in [0.2, 0.25) is 5.02 Å². The first-order valence-electron chi connectivity index (χ1n) is 4.80. The number of hydrogen-bond acceptors (Lipinski definition) is 2. The van der Waals surface area contributed by atoms with Crippen LogP contribution in [0.25, 0.3) is 0 Å². The van der Waals surface area contributed by atoms with Crippen molar-refractivity contribution in [3.05, 3.63) is 28.3 Å². The van der Waals surface area contributed by atoms with Crippen LogP contribution in [0.1, 0.15) is 25.0 Å². The van der Waals surface area contributed by atoms with Gasteiger partial charge in [0, 0.05) is 16.0 Å². The molecule has 0 aliphatic carbocycles. The zero-order valence-electron chi connectivity index (χ0n) is 9.27. The fraction of sp³-hybridized carbons (Fsp3) is 0.455. The van der Waals surface area contributed by atoms with Gasteiger partial charge in [-0.2, -0.15) is 13.2 Å². The molecule has 96 valence electrons. The van der Waals surface area contributed by atoms with Gasteiger partial charge in [0.2, 0.25) is 0 Å². The fourth-order valence-corrected chi connectivity index (χ4v) is 1.98. The van der Waals surface area contributed by atoms with Crippen molar-refractivity contribution < 1.29 is 23.4 Å². The molecule has 0 aliphatic heterocycles. The van der Waals surface area contributed by atoms with Crippen molar-refractivity contribution in [1.82, 2.24) is 0 Å². The minimum Gasteiger partial charge on any atom is -0.508 e. The number of halogens is 4. The van der Waals surface area contributed by atoms with Crippen molar-refractivity contribution in [2.75, 3.05) is 6.61 Å². The van der Waals surface area contributed by atoms with Gasteiger partial charge in [-0.05, 0) is 12.1 Å². The zero-order valence-corrected chi connectivity index (χ0v) is 10.0. The van der Waals surface area contributed by atoms with Gasteiger partial charge in [-0.25, -0.2) is 0 Å². The lowest BCUT2D eigenvalue weighted by atomic mass is 9.84. The largest absolute Gasteiger partial charge is 0.508 e. The van der Waals surface area contributed by atoms with Crippen LogP contribution in [0.5, 0.6) is 5.75 Å². The first-order chi connectivity index (χ1) is 7.59. The van der Waals surface area contributed by atoms with Crippen molar-refractivity contribution in [3.63, 3.8) is 0 Å². The fourth-order valence-electron chi connectivity index (χ4n) is 1.50. The second kappa shape index (κ2) is 4.38. The minimum atomic E-state index is -4.57. The summed E-state index contributed by atoms with van der Waals surface area (Å²) in [6.45, 7) is 2.80. The van der Waals surface area contributed by atoms with Gasteiger partial charge in [0.25, 0.3) is 0 Å². The summed E-state index contributed by atoms with van der Waals surface area (Å²) >= 11 is 5.73. The quantitative estimate of drug-likeness (QED) is 0.864. The highest BCUT2D eigenvalue weighted by Gasteiger charge is 2.34. The molecule has 1 rings (SSSR count). The molecule has 0 heterocycles. The average Bonchev–Trinajstić information content (AvgIpc) is 2.14. The van der Waals surface area contributed by atoms with E-state index in [0.717, 1.165) is 6.07 Å². The number of phenols is 1. The van der Waals surface area contributed by atoms with E-state index in [1.165, 1.54) is 0 Å². The van der Waals surface area contributed by atoms with E-state index in [2.05, 4.69) is 0 Å². The van der Waals surface area contributed by atoms with Crippen molar-refractivity contribution in [3.8, 4) is 5.75 Å². The lowest BCUT2D eigenvalue weighted by Gasteiger charge is -2.25. The molecule has 0 fully saturated rings. The number of phenolic OH excluding ortho intramolecular Hbond substituents is 1. The van der Waals surface area contributed by atoms with Crippen molar-refractivity contribution in [2.24, 2.45) is 0 Å². The predicted octanol–water partition coefficient (Wildman–Crippen LogP) is 3.33. The summed E-state index contributed by atoms with van der Waals surface area (Å²) in [5.41, 5.74) is -1.82. The van der Waals surface area contributed by atoms with E-state index < -0.39 is 22.9 Å². The van der Waals surface area contributed by atoms with E-state index in [-0.39, 0.29) is 17.2 Å². The van der Waals surface area contributed by atoms with Gasteiger partial charge >= 0.3 is 6.18 Å². The van der Waals surface area contributed by atoms with Crippen LogP contribution < -0.4 is 0 Å². The van der Waals surface area contributed by atoms with Crippen LogP contribution >= 0.6 is 11.6 Å². The maximum absolute atomic E-state index is 12.4. The van der Waals surface area contributed by atoms with Crippen LogP contribution in [0.3, 0.4) is 0 Å². The molecule has 0 saturated carbocycles. The third kappa shape index (κ3) is 2.84. The molecule has 2 nitrogen and oxygen atoms in total. The highest BCUT2D eigenvalue weighted by atomic mass is 35.5. The monoisotopic (exact) mass is 268 g/mol. The van der Waals surface area contributed by atoms with Crippen LogP contribution in [-0.2, 0) is 11.6 Å². The zero-order chi connectivity index (χ0) is 13.4. The Balaban J connectivity index is 3.40. The average molecular weight is 269 g/mol. The summed E-state index contributed by atoms with van der Waals surface area (Å²) in [5, 5.41) is 18.5. The second-order valence-electron chi connectivity index (χ2n) is 4.39. The van der Waals surface area contributed by atoms with Crippen molar-refractivity contribution in [2.45, 2.75) is 25.4 Å². The Hall–Kier alpha value is -0.940. The molecule has 0 aromatic heterocycles. The molecule has 0 atom stereocenters. The molecule has 1 aromatic carbocycles. The van der Waals surface area contributed by atoms with Crippen LogP contribution in [0, 0.1) is 0 Å². The molecule has 2 N–H and O–H groups in total. The Morgan fingerprint density at radius 3 is 2.12 bits per heavy atom. The first kappa shape index (κ1) is 14.1. The molecule has 1 aromatic rings. The number of aliphatic hydroxyl groups is 1. The van der Waals surface area contributed by atoms with Gasteiger partial charge in [-0.15, -0.1) is 0 Å². The molecule has 0 amide bonds. The number of aromatic hydroxyl groups is 1.